The Morgan fingerprint density at radius 1 is 1.06 bits per heavy atom. The zero-order valence-corrected chi connectivity index (χ0v) is 18.1. The number of benzene rings is 2. The third-order valence-electron chi connectivity index (χ3n) is 4.80. The number of aromatic nitrogens is 1. The zero-order valence-electron chi connectivity index (χ0n) is 17.3. The highest BCUT2D eigenvalue weighted by atomic mass is 32.2. The number of hydrazone groups is 1. The van der Waals surface area contributed by atoms with Crippen molar-refractivity contribution in [2.45, 2.75) is 11.2 Å². The number of nitriles is 2. The number of thioether (sulfide) groups is 1. The largest absolute Gasteiger partial charge is 0.416 e. The van der Waals surface area contributed by atoms with Gasteiger partial charge < -0.3 is 16.3 Å². The molecule has 3 aromatic rings. The maximum atomic E-state index is 13.0. The van der Waals surface area contributed by atoms with Gasteiger partial charge in [-0.15, -0.1) is 0 Å². The fourth-order valence-corrected chi connectivity index (χ4v) is 4.12. The van der Waals surface area contributed by atoms with Gasteiger partial charge in [-0.1, -0.05) is 48.2 Å². The number of hydrazine groups is 1. The third kappa shape index (κ3) is 4.88. The van der Waals surface area contributed by atoms with E-state index in [2.05, 4.69) is 15.5 Å². The Morgan fingerprint density at radius 3 is 2.21 bits per heavy atom. The lowest BCUT2D eigenvalue weighted by Crippen LogP contribution is -2.33. The van der Waals surface area contributed by atoms with Gasteiger partial charge in [0.1, 0.15) is 23.5 Å². The van der Waals surface area contributed by atoms with Crippen LogP contribution in [-0.4, -0.2) is 16.6 Å². The van der Waals surface area contributed by atoms with E-state index in [0.717, 1.165) is 23.9 Å². The van der Waals surface area contributed by atoms with Crippen LogP contribution in [0.25, 0.3) is 22.3 Å². The number of H-pyrrole nitrogens is 1. The number of rotatable bonds is 5. The van der Waals surface area contributed by atoms with Crippen LogP contribution in [0.15, 0.2) is 63.5 Å². The smallest absolute Gasteiger partial charge is 0.322 e. The van der Waals surface area contributed by atoms with Crippen LogP contribution < -0.4 is 22.7 Å². The van der Waals surface area contributed by atoms with Gasteiger partial charge in [-0.05, 0) is 28.8 Å². The highest BCUT2D eigenvalue weighted by Gasteiger charge is 2.30. The lowest BCUT2D eigenvalue weighted by molar-refractivity contribution is -0.137. The highest BCUT2D eigenvalue weighted by molar-refractivity contribution is 8.00. The van der Waals surface area contributed by atoms with Crippen LogP contribution in [0.2, 0.25) is 0 Å². The summed E-state index contributed by atoms with van der Waals surface area (Å²) in [6.45, 7) is 0. The van der Waals surface area contributed by atoms with E-state index in [1.54, 1.807) is 24.3 Å². The molecule has 0 saturated carbocycles. The summed E-state index contributed by atoms with van der Waals surface area (Å²) >= 11 is 1.01. The van der Waals surface area contributed by atoms with Crippen molar-refractivity contribution >= 4 is 17.6 Å². The number of nitrogens with one attached hydrogen (secondary N) is 2. The maximum Gasteiger partial charge on any atom is 0.416 e. The van der Waals surface area contributed by atoms with E-state index in [1.807, 2.05) is 12.1 Å². The van der Waals surface area contributed by atoms with Crippen molar-refractivity contribution in [2.24, 2.45) is 16.8 Å². The monoisotopic (exact) mass is 483 g/mol. The number of amidine groups is 1. The topological polar surface area (TPSA) is 157 Å². The molecule has 0 amide bonds. The first-order valence-electron chi connectivity index (χ1n) is 9.48. The number of pyridine rings is 1. The van der Waals surface area contributed by atoms with Crippen LogP contribution in [0.4, 0.5) is 13.2 Å². The van der Waals surface area contributed by atoms with Crippen LogP contribution in [-0.2, 0) is 6.18 Å². The van der Waals surface area contributed by atoms with Crippen molar-refractivity contribution in [2.75, 3.05) is 5.75 Å². The minimum atomic E-state index is -4.50. The van der Waals surface area contributed by atoms with E-state index < -0.39 is 17.3 Å². The quantitative estimate of drug-likeness (QED) is 0.143. The Hall–Kier alpha value is -4.26. The van der Waals surface area contributed by atoms with Gasteiger partial charge in [0, 0.05) is 5.56 Å². The van der Waals surface area contributed by atoms with Crippen molar-refractivity contribution in [3.05, 3.63) is 75.6 Å². The molecule has 0 fully saturated rings. The van der Waals surface area contributed by atoms with Crippen molar-refractivity contribution in [3.63, 3.8) is 0 Å². The number of nitrogens with zero attached hydrogens (tertiary/aromatic N) is 3. The molecule has 0 bridgehead atoms. The van der Waals surface area contributed by atoms with Gasteiger partial charge in [0.2, 0.25) is 0 Å². The summed E-state index contributed by atoms with van der Waals surface area (Å²) in [7, 11) is 0. The molecule has 1 aromatic heterocycles. The summed E-state index contributed by atoms with van der Waals surface area (Å²) in [6, 6.07) is 14.8. The third-order valence-corrected chi connectivity index (χ3v) is 5.81. The first kappa shape index (κ1) is 24.4. The average Bonchev–Trinajstić information content (AvgIpc) is 2.83. The van der Waals surface area contributed by atoms with E-state index in [-0.39, 0.29) is 33.3 Å². The molecule has 3 rings (SSSR count). The fraction of sp³-hybridized carbons (Fsp3) is 0.0909. The number of nitrogens with two attached hydrogens (primary N) is 2. The minimum absolute atomic E-state index is 0.00824. The summed E-state index contributed by atoms with van der Waals surface area (Å²) in [5.41, 5.74) is 1.71. The number of hydrogen-bond acceptors (Lipinski definition) is 7. The van der Waals surface area contributed by atoms with Gasteiger partial charge in [-0.3, -0.25) is 4.79 Å². The molecule has 12 heteroatoms. The average molecular weight is 483 g/mol. The zero-order chi connectivity index (χ0) is 24.9. The van der Waals surface area contributed by atoms with Crippen molar-refractivity contribution in [1.82, 2.24) is 10.4 Å². The normalized spacial score (nSPS) is 11.5. The molecule has 0 aliphatic heterocycles. The van der Waals surface area contributed by atoms with Crippen LogP contribution in [0.3, 0.4) is 0 Å². The minimum Gasteiger partial charge on any atom is -0.322 e. The maximum absolute atomic E-state index is 13.0. The highest BCUT2D eigenvalue weighted by Crippen LogP contribution is 2.38. The van der Waals surface area contributed by atoms with Crippen LogP contribution >= 0.6 is 11.8 Å². The second kappa shape index (κ2) is 10.1. The molecule has 0 unspecified atom stereocenters. The Morgan fingerprint density at radius 2 is 1.68 bits per heavy atom. The standard InChI is InChI=1S/C22H16F3N7OS/c23-22(24,25)13-7-5-12(6-8-13)14-3-1-2-4-15(14)19-16(9-26)20(33)30-21(17(19)10-27)34-11-18(31-28)32-29/h1-8H,11,28-29H2,(H,30,33)(H,31,32). The van der Waals surface area contributed by atoms with E-state index in [1.165, 1.54) is 12.1 Å². The first-order chi connectivity index (χ1) is 16.2. The van der Waals surface area contributed by atoms with E-state index in [9.17, 15) is 28.5 Å². The Labute approximate surface area is 195 Å². The van der Waals surface area contributed by atoms with Gasteiger partial charge >= 0.3 is 6.18 Å². The Bertz CT molecular complexity index is 1380. The van der Waals surface area contributed by atoms with Gasteiger partial charge in [-0.2, -0.15) is 28.8 Å². The molecule has 0 aliphatic rings. The SMILES string of the molecule is N#Cc1c(SCC(=NN)NN)[nH]c(=O)c(C#N)c1-c1ccccc1-c1ccc(C(F)(F)F)cc1. The lowest BCUT2D eigenvalue weighted by Gasteiger charge is -2.15. The second-order valence-corrected chi connectivity index (χ2v) is 7.75. The van der Waals surface area contributed by atoms with Crippen molar-refractivity contribution in [3.8, 4) is 34.4 Å². The lowest BCUT2D eigenvalue weighted by atomic mass is 9.90. The van der Waals surface area contributed by atoms with Gasteiger partial charge in [0.25, 0.3) is 5.56 Å². The number of alkyl halides is 3. The van der Waals surface area contributed by atoms with Crippen LogP contribution in [0.1, 0.15) is 16.7 Å². The predicted molar refractivity (Wildman–Crippen MR) is 122 cm³/mol. The molecule has 8 nitrogen and oxygen atoms in total. The van der Waals surface area contributed by atoms with Crippen LogP contribution in [0.5, 0.6) is 0 Å². The van der Waals surface area contributed by atoms with E-state index in [0.29, 0.717) is 16.7 Å². The van der Waals surface area contributed by atoms with Gasteiger partial charge in [-0.25, -0.2) is 5.84 Å². The molecule has 0 atom stereocenters. The summed E-state index contributed by atoms with van der Waals surface area (Å²) in [6.07, 6.45) is -4.50. The summed E-state index contributed by atoms with van der Waals surface area (Å²) in [5.74, 6) is 10.8. The molecule has 6 N–H and O–H groups in total. The van der Waals surface area contributed by atoms with Crippen molar-refractivity contribution < 1.29 is 13.2 Å². The molecular formula is C22H16F3N7OS. The summed E-state index contributed by atoms with van der Waals surface area (Å²) < 4.78 is 39.0. The molecule has 0 aliphatic carbocycles. The molecular weight excluding hydrogens is 467 g/mol. The van der Waals surface area contributed by atoms with Crippen molar-refractivity contribution in [1.29, 1.82) is 10.5 Å². The molecule has 0 spiro atoms. The molecule has 0 saturated heterocycles. The van der Waals surface area contributed by atoms with E-state index >= 15 is 0 Å². The molecule has 1 heterocycles. The first-order valence-corrected chi connectivity index (χ1v) is 10.5. The molecule has 2 aromatic carbocycles. The predicted octanol–water partition coefficient (Wildman–Crippen LogP) is 3.30. The van der Waals surface area contributed by atoms with Gasteiger partial charge in [0.15, 0.2) is 0 Å². The summed E-state index contributed by atoms with van der Waals surface area (Å²) in [5, 5.41) is 23.2. The number of hydrogen-bond donors (Lipinski definition) is 4. The van der Waals surface area contributed by atoms with E-state index in [4.69, 9.17) is 11.7 Å². The Kier molecular flexibility index (Phi) is 7.26. The summed E-state index contributed by atoms with van der Waals surface area (Å²) in [4.78, 5) is 15.2. The fourth-order valence-electron chi connectivity index (χ4n) is 3.22. The molecule has 172 valence electrons. The molecule has 0 radical (unpaired) electrons. The second-order valence-electron chi connectivity index (χ2n) is 6.76. The Balaban J connectivity index is 2.24. The van der Waals surface area contributed by atoms with Gasteiger partial charge in [0.05, 0.1) is 21.9 Å². The number of halogens is 3. The number of aromatic amines is 1. The molecule has 34 heavy (non-hydrogen) atoms. The van der Waals surface area contributed by atoms with Crippen LogP contribution in [0, 0.1) is 22.7 Å².